The zero-order valence-electron chi connectivity index (χ0n) is 33.6. The number of hydrogen-bond donors (Lipinski definition) is 0. The van der Waals surface area contributed by atoms with Crippen LogP contribution in [0.25, 0.3) is 104 Å². The molecule has 5 heteroatoms. The normalized spacial score (nSPS) is 12.6. The minimum atomic E-state index is -2.24. The van der Waals surface area contributed by atoms with Crippen LogP contribution in [0.1, 0.15) is 9.68 Å². The van der Waals surface area contributed by atoms with Gasteiger partial charge in [-0.25, -0.2) is 15.0 Å². The Balaban J connectivity index is 1.15. The van der Waals surface area contributed by atoms with E-state index in [4.69, 9.17) is 19.1 Å². The number of fused-ring (bicyclic) bond motifs is 6. The van der Waals surface area contributed by atoms with Crippen molar-refractivity contribution in [2.75, 3.05) is 0 Å². The number of hydrogen-bond acceptors (Lipinski definition) is 4. The van der Waals surface area contributed by atoms with E-state index in [1.807, 2.05) is 84.1 Å². The molecule has 0 unspecified atom stereocenters. The number of para-hydroxylation sites is 1. The molecule has 0 aliphatic heterocycles. The number of rotatable bonds is 6. The monoisotopic (exact) mass is 749 g/mol. The molecule has 3 aromatic heterocycles. The van der Waals surface area contributed by atoms with Crippen molar-refractivity contribution in [2.24, 2.45) is 0 Å². The summed E-state index contributed by atoms with van der Waals surface area (Å²) in [5.41, 5.74) is 9.92. The number of nitrogens with zero attached hydrogens (tertiary/aromatic N) is 4. The van der Waals surface area contributed by atoms with Gasteiger partial charge in [-0.2, -0.15) is 0 Å². The van der Waals surface area contributed by atoms with E-state index in [0.717, 1.165) is 60.9 Å². The fourth-order valence-corrected chi connectivity index (χ4v) is 9.33. The number of aryl methyl sites for hydroxylation is 1. The molecule has 4 nitrogen and oxygen atoms in total. The zero-order chi connectivity index (χ0) is 40.4. The van der Waals surface area contributed by atoms with Crippen molar-refractivity contribution in [1.29, 1.82) is 0 Å². The summed E-state index contributed by atoms with van der Waals surface area (Å²) in [6.45, 7) is -2.24. The molecule has 11 rings (SSSR count). The molecule has 0 aliphatic carbocycles. The molecule has 0 fully saturated rings. The van der Waals surface area contributed by atoms with E-state index in [2.05, 4.69) is 114 Å². The van der Waals surface area contributed by atoms with E-state index < -0.39 is 6.85 Å². The highest BCUT2D eigenvalue weighted by atomic mass is 32.1. The molecular formula is C52H34N4S. The summed E-state index contributed by atoms with van der Waals surface area (Å²) in [6, 6.07) is 63.9. The minimum absolute atomic E-state index is 0.302. The standard InChI is InChI=1S/C52H34N4S/c1-33-26-29-46-44(30-33)40-20-8-10-24-45(40)56(46)47-32-36(34-14-4-2-5-15-34)27-28-43(47)52-54-50(35-16-6-3-7-17-35)53-51(55-52)38-19-12-18-37(31-38)39-22-13-23-42-41-21-9-11-25-48(41)57-49(39)42/h2-32H,1H3/i1D3. The quantitative estimate of drug-likeness (QED) is 0.170. The van der Waals surface area contributed by atoms with Gasteiger partial charge in [-0.3, -0.25) is 0 Å². The zero-order valence-corrected chi connectivity index (χ0v) is 31.4. The Kier molecular flexibility index (Phi) is 7.13. The Morgan fingerprint density at radius 1 is 0.421 bits per heavy atom. The maximum atomic E-state index is 8.20. The van der Waals surface area contributed by atoms with Crippen molar-refractivity contribution in [3.8, 4) is 62.1 Å². The minimum Gasteiger partial charge on any atom is -0.308 e. The molecule has 0 bridgehead atoms. The third kappa shape index (κ3) is 5.71. The second-order valence-corrected chi connectivity index (χ2v) is 15.3. The lowest BCUT2D eigenvalue weighted by atomic mass is 10.00. The molecule has 3 heterocycles. The van der Waals surface area contributed by atoms with Gasteiger partial charge in [0.05, 0.1) is 16.7 Å². The van der Waals surface area contributed by atoms with Crippen molar-refractivity contribution in [3.63, 3.8) is 0 Å². The summed E-state index contributed by atoms with van der Waals surface area (Å²) in [5.74, 6) is 1.65. The summed E-state index contributed by atoms with van der Waals surface area (Å²) < 4.78 is 29.3. The van der Waals surface area contributed by atoms with Crippen LogP contribution in [-0.2, 0) is 0 Å². The van der Waals surface area contributed by atoms with E-state index in [9.17, 15) is 0 Å². The van der Waals surface area contributed by atoms with Gasteiger partial charge >= 0.3 is 0 Å². The third-order valence-corrected chi connectivity index (χ3v) is 12.0. The smallest absolute Gasteiger partial charge is 0.166 e. The van der Waals surface area contributed by atoms with E-state index in [1.54, 1.807) is 6.07 Å². The summed E-state index contributed by atoms with van der Waals surface area (Å²) in [5, 5.41) is 4.34. The van der Waals surface area contributed by atoms with Crippen LogP contribution in [0.15, 0.2) is 188 Å². The van der Waals surface area contributed by atoms with Gasteiger partial charge in [0.2, 0.25) is 0 Å². The molecule has 0 amide bonds. The predicted octanol–water partition coefficient (Wildman–Crippen LogP) is 14.0. The Labute approximate surface area is 338 Å². The van der Waals surface area contributed by atoms with Gasteiger partial charge in [0, 0.05) is 51.7 Å². The summed E-state index contributed by atoms with van der Waals surface area (Å²) in [4.78, 5) is 15.7. The maximum Gasteiger partial charge on any atom is 0.166 e. The van der Waals surface area contributed by atoms with Crippen molar-refractivity contribution in [1.82, 2.24) is 19.5 Å². The molecule has 11 aromatic rings. The molecule has 0 radical (unpaired) electrons. The fraction of sp³-hybridized carbons (Fsp3) is 0.0192. The van der Waals surface area contributed by atoms with Gasteiger partial charge < -0.3 is 4.57 Å². The van der Waals surface area contributed by atoms with Crippen LogP contribution in [0.2, 0.25) is 0 Å². The second-order valence-electron chi connectivity index (χ2n) is 14.2. The van der Waals surface area contributed by atoms with Gasteiger partial charge in [-0.1, -0.05) is 151 Å². The molecule has 0 atom stereocenters. The Morgan fingerprint density at radius 3 is 1.91 bits per heavy atom. The number of aromatic nitrogens is 4. The first-order chi connectivity index (χ1) is 29.4. The summed E-state index contributed by atoms with van der Waals surface area (Å²) >= 11 is 1.82. The van der Waals surface area contributed by atoms with Crippen molar-refractivity contribution in [3.05, 3.63) is 194 Å². The molecule has 0 saturated heterocycles. The van der Waals surface area contributed by atoms with Gasteiger partial charge in [0.1, 0.15) is 0 Å². The third-order valence-electron chi connectivity index (χ3n) is 10.8. The first-order valence-corrected chi connectivity index (χ1v) is 19.8. The lowest BCUT2D eigenvalue weighted by molar-refractivity contribution is 1.06. The van der Waals surface area contributed by atoms with Crippen molar-refractivity contribution < 1.29 is 4.11 Å². The highest BCUT2D eigenvalue weighted by Gasteiger charge is 2.21. The van der Waals surface area contributed by atoms with Crippen LogP contribution in [0, 0.1) is 6.85 Å². The topological polar surface area (TPSA) is 43.6 Å². The Bertz CT molecular complexity index is 3430. The van der Waals surface area contributed by atoms with Gasteiger partial charge in [0.15, 0.2) is 17.5 Å². The Hall–Kier alpha value is -7.21. The van der Waals surface area contributed by atoms with Crippen LogP contribution >= 0.6 is 11.3 Å². The number of thiophene rings is 1. The van der Waals surface area contributed by atoms with Crippen LogP contribution in [0.4, 0.5) is 0 Å². The average Bonchev–Trinajstić information content (AvgIpc) is 3.85. The first-order valence-electron chi connectivity index (χ1n) is 20.4. The largest absolute Gasteiger partial charge is 0.308 e. The highest BCUT2D eigenvalue weighted by molar-refractivity contribution is 7.26. The van der Waals surface area contributed by atoms with Gasteiger partial charge in [-0.15, -0.1) is 11.3 Å². The molecule has 0 spiro atoms. The lowest BCUT2D eigenvalue weighted by Gasteiger charge is -2.16. The lowest BCUT2D eigenvalue weighted by Crippen LogP contribution is -2.04. The average molecular weight is 750 g/mol. The van der Waals surface area contributed by atoms with Gasteiger partial charge in [0.25, 0.3) is 0 Å². The molecule has 57 heavy (non-hydrogen) atoms. The van der Waals surface area contributed by atoms with Crippen LogP contribution in [0.5, 0.6) is 0 Å². The second kappa shape index (κ2) is 13.5. The molecule has 0 aliphatic rings. The molecule has 0 saturated carbocycles. The van der Waals surface area contributed by atoms with E-state index in [-0.39, 0.29) is 0 Å². The molecular weight excluding hydrogens is 713 g/mol. The Morgan fingerprint density at radius 2 is 1.07 bits per heavy atom. The summed E-state index contributed by atoms with van der Waals surface area (Å²) in [6.07, 6.45) is 0. The van der Waals surface area contributed by atoms with Crippen molar-refractivity contribution in [2.45, 2.75) is 6.85 Å². The molecule has 0 N–H and O–H groups in total. The first kappa shape index (κ1) is 30.1. The number of benzene rings is 8. The van der Waals surface area contributed by atoms with Crippen LogP contribution in [-0.4, -0.2) is 19.5 Å². The van der Waals surface area contributed by atoms with Crippen molar-refractivity contribution >= 4 is 53.3 Å². The van der Waals surface area contributed by atoms with E-state index in [1.165, 1.54) is 25.7 Å². The van der Waals surface area contributed by atoms with Crippen LogP contribution < -0.4 is 0 Å². The maximum absolute atomic E-state index is 8.20. The van der Waals surface area contributed by atoms with E-state index >= 15 is 0 Å². The SMILES string of the molecule is [2H]C([2H])([2H])c1ccc2c(c1)c1ccccc1n2-c1cc(-c2ccccc2)ccc1-c1nc(-c2ccccc2)nc(-c2cccc(-c3cccc4c3sc3ccccc34)c2)n1. The molecule has 268 valence electrons. The van der Waals surface area contributed by atoms with E-state index in [0.29, 0.717) is 23.0 Å². The fourth-order valence-electron chi connectivity index (χ4n) is 8.09. The highest BCUT2D eigenvalue weighted by Crippen LogP contribution is 2.42. The summed E-state index contributed by atoms with van der Waals surface area (Å²) in [7, 11) is 0. The van der Waals surface area contributed by atoms with Crippen LogP contribution in [0.3, 0.4) is 0 Å². The predicted molar refractivity (Wildman–Crippen MR) is 239 cm³/mol. The molecule has 8 aromatic carbocycles. The van der Waals surface area contributed by atoms with Gasteiger partial charge in [-0.05, 0) is 71.6 Å².